The van der Waals surface area contributed by atoms with Crippen molar-refractivity contribution >= 4 is 5.91 Å². The second-order valence-electron chi connectivity index (χ2n) is 5.19. The fourth-order valence-corrected chi connectivity index (χ4v) is 2.37. The van der Waals surface area contributed by atoms with E-state index in [1.807, 2.05) is 24.3 Å². The SMILES string of the molecule is COc1ccc(CC(=O)NCCOC2CCNCC2)cc1. The zero-order valence-corrected chi connectivity index (χ0v) is 12.6. The van der Waals surface area contributed by atoms with Crippen LogP contribution in [0.15, 0.2) is 24.3 Å². The first kappa shape index (κ1) is 15.8. The molecule has 1 heterocycles. The molecule has 5 heteroatoms. The van der Waals surface area contributed by atoms with E-state index in [2.05, 4.69) is 10.6 Å². The van der Waals surface area contributed by atoms with E-state index in [1.54, 1.807) is 7.11 Å². The number of piperidine rings is 1. The summed E-state index contributed by atoms with van der Waals surface area (Å²) in [4.78, 5) is 11.8. The molecular weight excluding hydrogens is 268 g/mol. The molecule has 1 amide bonds. The van der Waals surface area contributed by atoms with Gasteiger partial charge in [0.15, 0.2) is 0 Å². The lowest BCUT2D eigenvalue weighted by atomic mass is 10.1. The van der Waals surface area contributed by atoms with Crippen LogP contribution in [-0.2, 0) is 16.0 Å². The van der Waals surface area contributed by atoms with E-state index in [9.17, 15) is 4.79 Å². The summed E-state index contributed by atoms with van der Waals surface area (Å²) in [6.45, 7) is 3.20. The Balaban J connectivity index is 1.60. The van der Waals surface area contributed by atoms with Gasteiger partial charge in [0.1, 0.15) is 5.75 Å². The van der Waals surface area contributed by atoms with E-state index in [-0.39, 0.29) is 5.91 Å². The lowest BCUT2D eigenvalue weighted by Gasteiger charge is -2.22. The highest BCUT2D eigenvalue weighted by Gasteiger charge is 2.12. The predicted octanol–water partition coefficient (Wildman–Crippen LogP) is 1.12. The Hall–Kier alpha value is -1.59. The molecule has 1 saturated heterocycles. The Morgan fingerprint density at radius 3 is 2.67 bits per heavy atom. The van der Waals surface area contributed by atoms with E-state index in [4.69, 9.17) is 9.47 Å². The van der Waals surface area contributed by atoms with Crippen LogP contribution in [0.1, 0.15) is 18.4 Å². The number of methoxy groups -OCH3 is 1. The average Bonchev–Trinajstić information content (AvgIpc) is 2.53. The van der Waals surface area contributed by atoms with Gasteiger partial charge in [0.05, 0.1) is 26.2 Å². The predicted molar refractivity (Wildman–Crippen MR) is 81.6 cm³/mol. The summed E-state index contributed by atoms with van der Waals surface area (Å²) in [5, 5.41) is 6.19. The molecule has 0 saturated carbocycles. The van der Waals surface area contributed by atoms with Crippen molar-refractivity contribution in [3.05, 3.63) is 29.8 Å². The molecule has 2 rings (SSSR count). The highest BCUT2D eigenvalue weighted by molar-refractivity contribution is 5.78. The van der Waals surface area contributed by atoms with Gasteiger partial charge in [0, 0.05) is 6.54 Å². The highest BCUT2D eigenvalue weighted by Crippen LogP contribution is 2.11. The molecule has 0 bridgehead atoms. The van der Waals surface area contributed by atoms with Gasteiger partial charge >= 0.3 is 0 Å². The summed E-state index contributed by atoms with van der Waals surface area (Å²) in [5.74, 6) is 0.823. The quantitative estimate of drug-likeness (QED) is 0.740. The second kappa shape index (κ2) is 8.64. The maximum Gasteiger partial charge on any atom is 0.224 e. The van der Waals surface area contributed by atoms with Crippen LogP contribution < -0.4 is 15.4 Å². The van der Waals surface area contributed by atoms with Gasteiger partial charge in [-0.15, -0.1) is 0 Å². The third-order valence-electron chi connectivity index (χ3n) is 3.59. The Labute approximate surface area is 126 Å². The summed E-state index contributed by atoms with van der Waals surface area (Å²) in [6, 6.07) is 7.54. The summed E-state index contributed by atoms with van der Waals surface area (Å²) in [7, 11) is 1.63. The normalized spacial score (nSPS) is 15.7. The van der Waals surface area contributed by atoms with Gasteiger partial charge in [0.2, 0.25) is 5.91 Å². The maximum absolute atomic E-state index is 11.8. The fourth-order valence-electron chi connectivity index (χ4n) is 2.37. The van der Waals surface area contributed by atoms with Crippen LogP contribution in [0.3, 0.4) is 0 Å². The number of hydrogen-bond donors (Lipinski definition) is 2. The molecule has 1 fully saturated rings. The van der Waals surface area contributed by atoms with Crippen LogP contribution in [0.25, 0.3) is 0 Å². The summed E-state index contributed by atoms with van der Waals surface area (Å²) < 4.78 is 10.8. The minimum absolute atomic E-state index is 0.0223. The first-order valence-electron chi connectivity index (χ1n) is 7.50. The van der Waals surface area contributed by atoms with Gasteiger partial charge in [-0.05, 0) is 43.6 Å². The second-order valence-corrected chi connectivity index (χ2v) is 5.19. The van der Waals surface area contributed by atoms with Gasteiger partial charge in [0.25, 0.3) is 0 Å². The van der Waals surface area contributed by atoms with Gasteiger partial charge in [-0.3, -0.25) is 4.79 Å². The monoisotopic (exact) mass is 292 g/mol. The molecule has 0 aliphatic carbocycles. The first-order chi connectivity index (χ1) is 10.3. The smallest absolute Gasteiger partial charge is 0.224 e. The van der Waals surface area contributed by atoms with Crippen molar-refractivity contribution in [1.29, 1.82) is 0 Å². The van der Waals surface area contributed by atoms with Crippen molar-refractivity contribution in [1.82, 2.24) is 10.6 Å². The number of carbonyl (C=O) groups is 1. The van der Waals surface area contributed by atoms with E-state index in [1.165, 1.54) is 0 Å². The van der Waals surface area contributed by atoms with Crippen LogP contribution in [-0.4, -0.2) is 45.4 Å². The number of benzene rings is 1. The Kier molecular flexibility index (Phi) is 6.50. The molecular formula is C16H24N2O3. The van der Waals surface area contributed by atoms with Crippen LogP contribution in [0.4, 0.5) is 0 Å². The van der Waals surface area contributed by atoms with Crippen molar-refractivity contribution < 1.29 is 14.3 Å². The molecule has 5 nitrogen and oxygen atoms in total. The zero-order valence-electron chi connectivity index (χ0n) is 12.6. The minimum Gasteiger partial charge on any atom is -0.497 e. The zero-order chi connectivity index (χ0) is 14.9. The van der Waals surface area contributed by atoms with Crippen molar-refractivity contribution in [2.45, 2.75) is 25.4 Å². The summed E-state index contributed by atoms with van der Waals surface area (Å²) in [5.41, 5.74) is 0.979. The van der Waals surface area contributed by atoms with Crippen molar-refractivity contribution in [3.63, 3.8) is 0 Å². The van der Waals surface area contributed by atoms with Gasteiger partial charge in [-0.1, -0.05) is 12.1 Å². The molecule has 1 aromatic rings. The molecule has 1 aromatic carbocycles. The van der Waals surface area contributed by atoms with Crippen LogP contribution in [0.5, 0.6) is 5.75 Å². The Morgan fingerprint density at radius 1 is 1.29 bits per heavy atom. The molecule has 1 aliphatic rings. The van der Waals surface area contributed by atoms with E-state index >= 15 is 0 Å². The molecule has 1 aliphatic heterocycles. The first-order valence-corrected chi connectivity index (χ1v) is 7.50. The molecule has 0 aromatic heterocycles. The van der Waals surface area contributed by atoms with Crippen LogP contribution in [0.2, 0.25) is 0 Å². The third kappa shape index (κ3) is 5.73. The standard InChI is InChI=1S/C16H24N2O3/c1-20-14-4-2-13(3-5-14)12-16(19)18-10-11-21-15-6-8-17-9-7-15/h2-5,15,17H,6-12H2,1H3,(H,18,19). The highest BCUT2D eigenvalue weighted by atomic mass is 16.5. The van der Waals surface area contributed by atoms with Gasteiger partial charge in [-0.25, -0.2) is 0 Å². The lowest BCUT2D eigenvalue weighted by Crippen LogP contribution is -2.35. The van der Waals surface area contributed by atoms with Crippen molar-refractivity contribution in [3.8, 4) is 5.75 Å². The molecule has 116 valence electrons. The molecule has 2 N–H and O–H groups in total. The number of nitrogens with one attached hydrogen (secondary N) is 2. The Bertz CT molecular complexity index is 428. The van der Waals surface area contributed by atoms with Crippen LogP contribution in [0, 0.1) is 0 Å². The van der Waals surface area contributed by atoms with Crippen LogP contribution >= 0.6 is 0 Å². The maximum atomic E-state index is 11.8. The van der Waals surface area contributed by atoms with E-state index in [0.29, 0.717) is 25.7 Å². The molecule has 0 spiro atoms. The third-order valence-corrected chi connectivity index (χ3v) is 3.59. The molecule has 21 heavy (non-hydrogen) atoms. The number of rotatable bonds is 7. The minimum atomic E-state index is 0.0223. The molecule has 0 radical (unpaired) electrons. The van der Waals surface area contributed by atoms with Crippen molar-refractivity contribution in [2.24, 2.45) is 0 Å². The van der Waals surface area contributed by atoms with Gasteiger partial charge in [-0.2, -0.15) is 0 Å². The lowest BCUT2D eigenvalue weighted by molar-refractivity contribution is -0.120. The molecule has 0 unspecified atom stereocenters. The number of amides is 1. The number of ether oxygens (including phenoxy) is 2. The van der Waals surface area contributed by atoms with E-state index < -0.39 is 0 Å². The topological polar surface area (TPSA) is 59.6 Å². The molecule has 0 atom stereocenters. The van der Waals surface area contributed by atoms with Crippen molar-refractivity contribution in [2.75, 3.05) is 33.4 Å². The fraction of sp³-hybridized carbons (Fsp3) is 0.562. The summed E-state index contributed by atoms with van der Waals surface area (Å²) in [6.07, 6.45) is 2.83. The number of hydrogen-bond acceptors (Lipinski definition) is 4. The average molecular weight is 292 g/mol. The van der Waals surface area contributed by atoms with Gasteiger partial charge < -0.3 is 20.1 Å². The summed E-state index contributed by atoms with van der Waals surface area (Å²) >= 11 is 0. The number of carbonyl (C=O) groups excluding carboxylic acids is 1. The van der Waals surface area contributed by atoms with E-state index in [0.717, 1.165) is 37.2 Å². The Morgan fingerprint density at radius 2 is 2.00 bits per heavy atom. The largest absolute Gasteiger partial charge is 0.497 e.